The lowest BCUT2D eigenvalue weighted by Crippen LogP contribution is -2.46. The molecule has 3 heterocycles. The minimum atomic E-state index is -1.07. The van der Waals surface area contributed by atoms with Crippen LogP contribution in [0.2, 0.25) is 0 Å². The molecular formula is C24H26N6O4. The third kappa shape index (κ3) is 4.39. The number of aromatic amines is 1. The van der Waals surface area contributed by atoms with Crippen molar-refractivity contribution in [3.05, 3.63) is 65.2 Å². The number of aromatic nitrogens is 4. The molecule has 0 aliphatic carbocycles. The smallest absolute Gasteiger partial charge is 0.329 e. The number of imide groups is 1. The van der Waals surface area contributed by atoms with Gasteiger partial charge in [-0.1, -0.05) is 23.8 Å². The van der Waals surface area contributed by atoms with Gasteiger partial charge in [-0.05, 0) is 39.3 Å². The molecule has 2 amide bonds. The molecule has 10 heteroatoms. The number of nitrogens with zero attached hydrogens (tertiary/aromatic N) is 5. The van der Waals surface area contributed by atoms with Crippen LogP contribution in [0.4, 0.5) is 0 Å². The Bertz CT molecular complexity index is 1310. The number of carbonyl (C=O) groups excluding carboxylic acids is 3. The molecule has 176 valence electrons. The van der Waals surface area contributed by atoms with Gasteiger partial charge in [0.1, 0.15) is 11.6 Å². The molecule has 1 atom stereocenters. The molecule has 1 aliphatic heterocycles. The van der Waals surface area contributed by atoms with Crippen LogP contribution in [0.15, 0.2) is 53.6 Å². The summed E-state index contributed by atoms with van der Waals surface area (Å²) in [6.07, 6.45) is 5.29. The van der Waals surface area contributed by atoms with Crippen LogP contribution < -0.4 is 5.49 Å². The van der Waals surface area contributed by atoms with Gasteiger partial charge in [-0.25, -0.2) is 14.8 Å². The second-order valence-corrected chi connectivity index (χ2v) is 8.07. The Morgan fingerprint density at radius 3 is 2.53 bits per heavy atom. The van der Waals surface area contributed by atoms with Crippen molar-refractivity contribution in [2.24, 2.45) is 4.99 Å². The van der Waals surface area contributed by atoms with E-state index in [1.807, 2.05) is 19.9 Å². The second kappa shape index (κ2) is 9.82. The number of rotatable bonds is 8. The Morgan fingerprint density at radius 1 is 1.18 bits per heavy atom. The van der Waals surface area contributed by atoms with Gasteiger partial charge in [-0.15, -0.1) is 0 Å². The van der Waals surface area contributed by atoms with Gasteiger partial charge in [0.25, 0.3) is 11.8 Å². The highest BCUT2D eigenvalue weighted by Crippen LogP contribution is 2.26. The normalized spacial score (nSPS) is 14.4. The minimum Gasteiger partial charge on any atom is -0.464 e. The Labute approximate surface area is 196 Å². The fourth-order valence-electron chi connectivity index (χ4n) is 3.85. The summed E-state index contributed by atoms with van der Waals surface area (Å²) in [6, 6.07) is 5.47. The molecule has 0 fully saturated rings. The fraction of sp³-hybridized carbons (Fsp3) is 0.333. The SMILES string of the molecule is CCOC(=O)[C@H](CCn1cnc(=NCC=C(C)C)c2[nH]cnc21)N1C(=O)c2ccccc2C1=O. The first-order valence-corrected chi connectivity index (χ1v) is 11.1. The van der Waals surface area contributed by atoms with Gasteiger partial charge in [0, 0.05) is 6.54 Å². The molecule has 0 radical (unpaired) electrons. The number of allylic oxidation sites excluding steroid dienone is 1. The number of benzene rings is 1. The van der Waals surface area contributed by atoms with Crippen LogP contribution in [0, 0.1) is 0 Å². The molecule has 1 aliphatic rings. The lowest BCUT2D eigenvalue weighted by Gasteiger charge is -2.24. The fourth-order valence-corrected chi connectivity index (χ4v) is 3.85. The topological polar surface area (TPSA) is 123 Å². The number of esters is 1. The van der Waals surface area contributed by atoms with Crippen LogP contribution in [0.25, 0.3) is 11.2 Å². The summed E-state index contributed by atoms with van der Waals surface area (Å²) >= 11 is 0. The minimum absolute atomic E-state index is 0.138. The molecular weight excluding hydrogens is 436 g/mol. The highest BCUT2D eigenvalue weighted by Gasteiger charge is 2.43. The summed E-state index contributed by atoms with van der Waals surface area (Å²) in [5, 5.41) is 0. The third-order valence-electron chi connectivity index (χ3n) is 5.51. The van der Waals surface area contributed by atoms with Crippen LogP contribution in [-0.4, -0.2) is 61.4 Å². The standard InChI is InChI=1S/C24H26N6O4/c1-4-34-24(33)18(30-22(31)16-7-5-6-8-17(16)23(30)32)10-12-29-14-28-20(25-11-9-15(2)3)19-21(29)27-13-26-19/h5-9,13-14,18H,4,10-12H2,1-3H3,(H,26,27)/t18-/m0/s1. The second-order valence-electron chi connectivity index (χ2n) is 8.07. The summed E-state index contributed by atoms with van der Waals surface area (Å²) in [6.45, 7) is 6.60. The number of carbonyl (C=O) groups is 3. The van der Waals surface area contributed by atoms with Crippen molar-refractivity contribution in [2.75, 3.05) is 13.2 Å². The first-order chi connectivity index (χ1) is 16.4. The maximum atomic E-state index is 13.0. The van der Waals surface area contributed by atoms with E-state index in [1.54, 1.807) is 48.4 Å². The van der Waals surface area contributed by atoms with E-state index in [2.05, 4.69) is 19.9 Å². The van der Waals surface area contributed by atoms with Crippen LogP contribution >= 0.6 is 0 Å². The van der Waals surface area contributed by atoms with Crippen LogP contribution in [0.5, 0.6) is 0 Å². The van der Waals surface area contributed by atoms with Gasteiger partial charge < -0.3 is 14.3 Å². The molecule has 0 unspecified atom stereocenters. The quantitative estimate of drug-likeness (QED) is 0.311. The predicted molar refractivity (Wildman–Crippen MR) is 124 cm³/mol. The van der Waals surface area contributed by atoms with Crippen LogP contribution in [0.3, 0.4) is 0 Å². The predicted octanol–water partition coefficient (Wildman–Crippen LogP) is 2.24. The van der Waals surface area contributed by atoms with Gasteiger partial charge in [0.15, 0.2) is 11.1 Å². The van der Waals surface area contributed by atoms with E-state index in [0.29, 0.717) is 23.2 Å². The molecule has 0 bridgehead atoms. The summed E-state index contributed by atoms with van der Waals surface area (Å²) < 4.78 is 6.96. The third-order valence-corrected chi connectivity index (χ3v) is 5.51. The molecule has 4 rings (SSSR count). The van der Waals surface area contributed by atoms with E-state index in [9.17, 15) is 14.4 Å². The van der Waals surface area contributed by atoms with Gasteiger partial charge in [-0.2, -0.15) is 0 Å². The molecule has 1 aromatic carbocycles. The van der Waals surface area contributed by atoms with Crippen molar-refractivity contribution in [3.8, 4) is 0 Å². The van der Waals surface area contributed by atoms with E-state index in [4.69, 9.17) is 4.74 Å². The van der Waals surface area contributed by atoms with Crippen LogP contribution in [-0.2, 0) is 16.1 Å². The lowest BCUT2D eigenvalue weighted by atomic mass is 10.1. The van der Waals surface area contributed by atoms with Gasteiger partial charge >= 0.3 is 5.97 Å². The number of hydrogen-bond acceptors (Lipinski definition) is 7. The zero-order valence-electron chi connectivity index (χ0n) is 19.3. The molecule has 1 N–H and O–H groups in total. The molecule has 2 aromatic heterocycles. The number of imidazole rings is 1. The Balaban J connectivity index is 1.62. The maximum absolute atomic E-state index is 13.0. The summed E-state index contributed by atoms with van der Waals surface area (Å²) in [5.74, 6) is -1.63. The first-order valence-electron chi connectivity index (χ1n) is 11.1. The Hall–Kier alpha value is -4.08. The monoisotopic (exact) mass is 462 g/mol. The number of hydrogen-bond donors (Lipinski definition) is 1. The van der Waals surface area contributed by atoms with Crippen molar-refractivity contribution in [1.29, 1.82) is 0 Å². The number of ether oxygens (including phenoxy) is 1. The summed E-state index contributed by atoms with van der Waals surface area (Å²) in [4.78, 5) is 56.1. The maximum Gasteiger partial charge on any atom is 0.329 e. The number of aryl methyl sites for hydroxylation is 1. The highest BCUT2D eigenvalue weighted by atomic mass is 16.5. The lowest BCUT2D eigenvalue weighted by molar-refractivity contribution is -0.148. The van der Waals surface area contributed by atoms with Crippen molar-refractivity contribution in [1.82, 2.24) is 24.4 Å². The molecule has 34 heavy (non-hydrogen) atoms. The zero-order valence-corrected chi connectivity index (χ0v) is 19.3. The first kappa shape index (κ1) is 23.1. The van der Waals surface area contributed by atoms with E-state index >= 15 is 0 Å². The Morgan fingerprint density at radius 2 is 1.88 bits per heavy atom. The van der Waals surface area contributed by atoms with Crippen molar-refractivity contribution >= 4 is 28.9 Å². The summed E-state index contributed by atoms with van der Waals surface area (Å²) in [5.41, 5.74) is 3.53. The Kier molecular flexibility index (Phi) is 6.67. The molecule has 0 saturated carbocycles. The molecule has 0 saturated heterocycles. The van der Waals surface area contributed by atoms with E-state index in [0.717, 1.165) is 10.5 Å². The average molecular weight is 463 g/mol. The molecule has 3 aromatic rings. The highest BCUT2D eigenvalue weighted by molar-refractivity contribution is 6.22. The van der Waals surface area contributed by atoms with Crippen LogP contribution in [0.1, 0.15) is 47.9 Å². The van der Waals surface area contributed by atoms with Gasteiger partial charge in [0.05, 0.1) is 36.9 Å². The number of fused-ring (bicyclic) bond motifs is 2. The van der Waals surface area contributed by atoms with Crippen molar-refractivity contribution < 1.29 is 19.1 Å². The zero-order chi connectivity index (χ0) is 24.2. The molecule has 10 nitrogen and oxygen atoms in total. The number of H-pyrrole nitrogens is 1. The summed E-state index contributed by atoms with van der Waals surface area (Å²) in [7, 11) is 0. The molecule has 0 spiro atoms. The van der Waals surface area contributed by atoms with Gasteiger partial charge in [-0.3, -0.25) is 19.5 Å². The van der Waals surface area contributed by atoms with Crippen molar-refractivity contribution in [2.45, 2.75) is 39.8 Å². The van der Waals surface area contributed by atoms with E-state index < -0.39 is 23.8 Å². The number of amides is 2. The van der Waals surface area contributed by atoms with Gasteiger partial charge in [0.2, 0.25) is 0 Å². The average Bonchev–Trinajstić information content (AvgIpc) is 3.40. The van der Waals surface area contributed by atoms with E-state index in [1.165, 1.54) is 0 Å². The largest absolute Gasteiger partial charge is 0.464 e. The number of nitrogens with one attached hydrogen (secondary N) is 1. The van der Waals surface area contributed by atoms with E-state index in [-0.39, 0.29) is 30.7 Å². The van der Waals surface area contributed by atoms with Crippen molar-refractivity contribution in [3.63, 3.8) is 0 Å².